The molecule has 304 valence electrons. The smallest absolute Gasteiger partial charge is 0.311 e. The number of carbonyl (C=O) groups is 2. The number of hydrogen-bond donors (Lipinski definition) is 1. The number of methoxy groups -OCH3 is 2. The summed E-state index contributed by atoms with van der Waals surface area (Å²) in [6, 6.07) is 23.2. The minimum Gasteiger partial charge on any atom is -0.495 e. The SMILES string of the molecule is CCOC(=O)C(C)(C)Cc1cc2cc(OC)cnc2[nH]1.CCOC(=O)C(C)(C)Cc1cc2cc(OC)cnc2n1Cc1ccc(Cl)cc1.ClCc1ccc(Cl)cc1. The van der Waals surface area contributed by atoms with E-state index in [0.717, 1.165) is 49.6 Å². The van der Waals surface area contributed by atoms with Crippen molar-refractivity contribution in [3.8, 4) is 11.5 Å². The third kappa shape index (κ3) is 12.6. The first-order valence-electron chi connectivity index (χ1n) is 18.6. The van der Waals surface area contributed by atoms with Gasteiger partial charge in [0.2, 0.25) is 0 Å². The standard InChI is InChI=1S/C22H25ClN2O3.C15H20N2O3.C7H6Cl2/c1-5-28-21(26)22(2,3)12-18-10-16-11-19(27-4)13-24-20(16)25(18)14-15-6-8-17(23)9-7-15;1-5-20-14(18)15(2,3)8-11-6-10-7-12(19-4)9-16-13(10)17-11;8-5-6-1-3-7(9)4-2-6/h6-11,13H,5,12,14H2,1-4H3;6-7,9H,5,8H2,1-4H3,(H,16,17);1-4H,5H2. The van der Waals surface area contributed by atoms with E-state index in [1.54, 1.807) is 26.6 Å². The number of esters is 2. The van der Waals surface area contributed by atoms with Gasteiger partial charge in [0.15, 0.2) is 0 Å². The number of fused-ring (bicyclic) bond motifs is 2. The van der Waals surface area contributed by atoms with Gasteiger partial charge in [-0.25, -0.2) is 9.97 Å². The summed E-state index contributed by atoms with van der Waals surface area (Å²) in [4.78, 5) is 36.4. The van der Waals surface area contributed by atoms with E-state index in [9.17, 15) is 9.59 Å². The molecule has 13 heteroatoms. The maximum atomic E-state index is 12.4. The zero-order chi connectivity index (χ0) is 41.8. The quantitative estimate of drug-likeness (QED) is 0.0903. The number of pyridine rings is 2. The predicted molar refractivity (Wildman–Crippen MR) is 229 cm³/mol. The molecule has 0 fully saturated rings. The molecular weight excluding hydrogens is 787 g/mol. The van der Waals surface area contributed by atoms with Gasteiger partial charge in [-0.1, -0.05) is 47.5 Å². The second-order valence-corrected chi connectivity index (χ2v) is 15.7. The molecular formula is C44H51Cl3N4O6. The van der Waals surface area contributed by atoms with Crippen LogP contribution in [0.3, 0.4) is 0 Å². The number of carbonyl (C=O) groups excluding carboxylic acids is 2. The van der Waals surface area contributed by atoms with E-state index < -0.39 is 10.8 Å². The number of benzene rings is 2. The zero-order valence-electron chi connectivity index (χ0n) is 33.8. The average Bonchev–Trinajstić information content (AvgIpc) is 3.74. The molecule has 0 aliphatic carbocycles. The summed E-state index contributed by atoms with van der Waals surface area (Å²) in [6.45, 7) is 12.6. The molecule has 0 amide bonds. The van der Waals surface area contributed by atoms with Gasteiger partial charge in [0.25, 0.3) is 0 Å². The summed E-state index contributed by atoms with van der Waals surface area (Å²) < 4.78 is 23.0. The minimum absolute atomic E-state index is 0.191. The lowest BCUT2D eigenvalue weighted by atomic mass is 9.88. The Balaban J connectivity index is 0.000000215. The third-order valence-corrected chi connectivity index (χ3v) is 9.81. The van der Waals surface area contributed by atoms with Crippen LogP contribution in [0.4, 0.5) is 0 Å². The van der Waals surface area contributed by atoms with Gasteiger partial charge in [0.05, 0.1) is 50.7 Å². The van der Waals surface area contributed by atoms with Crippen LogP contribution in [0.15, 0.2) is 85.2 Å². The molecule has 0 unspecified atom stereocenters. The van der Waals surface area contributed by atoms with Crippen molar-refractivity contribution in [1.82, 2.24) is 19.5 Å². The molecule has 0 aliphatic heterocycles. The van der Waals surface area contributed by atoms with Crippen LogP contribution in [0.5, 0.6) is 11.5 Å². The van der Waals surface area contributed by atoms with Crippen LogP contribution in [0.25, 0.3) is 22.1 Å². The van der Waals surface area contributed by atoms with Crippen LogP contribution >= 0.6 is 34.8 Å². The number of alkyl halides is 1. The largest absolute Gasteiger partial charge is 0.495 e. The van der Waals surface area contributed by atoms with Gasteiger partial charge < -0.3 is 28.5 Å². The topological polar surface area (TPSA) is 118 Å². The predicted octanol–water partition coefficient (Wildman–Crippen LogP) is 10.7. The highest BCUT2D eigenvalue weighted by Gasteiger charge is 2.32. The molecule has 4 heterocycles. The molecule has 0 radical (unpaired) electrons. The number of nitrogens with zero attached hydrogens (tertiary/aromatic N) is 3. The third-order valence-electron chi connectivity index (χ3n) is 9.00. The Bertz CT molecular complexity index is 2230. The van der Waals surface area contributed by atoms with Crippen molar-refractivity contribution in [3.63, 3.8) is 0 Å². The normalized spacial score (nSPS) is 11.3. The average molecular weight is 838 g/mol. The lowest BCUT2D eigenvalue weighted by Gasteiger charge is -2.23. The molecule has 2 aromatic carbocycles. The van der Waals surface area contributed by atoms with E-state index in [1.165, 1.54) is 0 Å². The highest BCUT2D eigenvalue weighted by molar-refractivity contribution is 6.30. The van der Waals surface area contributed by atoms with Gasteiger partial charge in [0, 0.05) is 57.5 Å². The van der Waals surface area contributed by atoms with Crippen molar-refractivity contribution >= 4 is 68.8 Å². The first-order chi connectivity index (χ1) is 27.1. The lowest BCUT2D eigenvalue weighted by Crippen LogP contribution is -2.30. The number of aromatic nitrogens is 4. The summed E-state index contributed by atoms with van der Waals surface area (Å²) in [7, 11) is 3.23. The van der Waals surface area contributed by atoms with E-state index in [4.69, 9.17) is 53.8 Å². The van der Waals surface area contributed by atoms with Crippen LogP contribution < -0.4 is 9.47 Å². The molecule has 6 aromatic rings. The van der Waals surface area contributed by atoms with Gasteiger partial charge >= 0.3 is 11.9 Å². The molecule has 57 heavy (non-hydrogen) atoms. The molecule has 10 nitrogen and oxygen atoms in total. The maximum Gasteiger partial charge on any atom is 0.311 e. The minimum atomic E-state index is -0.647. The molecule has 0 aliphatic rings. The summed E-state index contributed by atoms with van der Waals surface area (Å²) in [5, 5.41) is 3.40. The van der Waals surface area contributed by atoms with E-state index >= 15 is 0 Å². The molecule has 6 rings (SSSR count). The van der Waals surface area contributed by atoms with Crippen molar-refractivity contribution in [3.05, 3.63) is 118 Å². The second-order valence-electron chi connectivity index (χ2n) is 14.6. The summed E-state index contributed by atoms with van der Waals surface area (Å²) >= 11 is 17.2. The van der Waals surface area contributed by atoms with Crippen molar-refractivity contribution < 1.29 is 28.5 Å². The van der Waals surface area contributed by atoms with Gasteiger partial charge in [-0.2, -0.15) is 0 Å². The molecule has 1 N–H and O–H groups in total. The van der Waals surface area contributed by atoms with Gasteiger partial charge in [-0.05, 0) is 101 Å². The Morgan fingerprint density at radius 1 is 0.702 bits per heavy atom. The Morgan fingerprint density at radius 2 is 1.21 bits per heavy atom. The Labute approximate surface area is 349 Å². The Kier molecular flexibility index (Phi) is 16.2. The maximum absolute atomic E-state index is 12.4. The van der Waals surface area contributed by atoms with Crippen LogP contribution in [-0.2, 0) is 44.3 Å². The Hall–Kier alpha value is -4.77. The highest BCUT2D eigenvalue weighted by atomic mass is 35.5. The Morgan fingerprint density at radius 3 is 1.74 bits per heavy atom. The molecule has 0 atom stereocenters. The number of aromatic amines is 1. The van der Waals surface area contributed by atoms with Crippen molar-refractivity contribution in [2.24, 2.45) is 10.8 Å². The van der Waals surface area contributed by atoms with Gasteiger partial charge in [-0.15, -0.1) is 11.6 Å². The second kappa shape index (κ2) is 20.6. The summed E-state index contributed by atoms with van der Waals surface area (Å²) in [5.74, 6) is 1.57. The molecule has 0 saturated heterocycles. The number of ether oxygens (including phenoxy) is 4. The fraction of sp³-hybridized carbons (Fsp3) is 0.364. The highest BCUT2D eigenvalue weighted by Crippen LogP contribution is 2.30. The van der Waals surface area contributed by atoms with E-state index in [2.05, 4.69) is 25.6 Å². The van der Waals surface area contributed by atoms with Gasteiger partial charge in [-0.3, -0.25) is 9.59 Å². The van der Waals surface area contributed by atoms with Crippen molar-refractivity contribution in [1.29, 1.82) is 0 Å². The van der Waals surface area contributed by atoms with Crippen molar-refractivity contribution in [2.75, 3.05) is 27.4 Å². The molecule has 0 bridgehead atoms. The van der Waals surface area contributed by atoms with Gasteiger partial charge in [0.1, 0.15) is 22.8 Å². The van der Waals surface area contributed by atoms with E-state index in [0.29, 0.717) is 55.0 Å². The number of H-pyrrole nitrogens is 1. The lowest BCUT2D eigenvalue weighted by molar-refractivity contribution is -0.154. The molecule has 0 saturated carbocycles. The number of rotatable bonds is 13. The van der Waals surface area contributed by atoms with E-state index in [-0.39, 0.29) is 11.9 Å². The molecule has 0 spiro atoms. The number of halogens is 3. The monoisotopic (exact) mass is 836 g/mol. The van der Waals surface area contributed by atoms with Crippen molar-refractivity contribution in [2.45, 2.75) is 66.8 Å². The summed E-state index contributed by atoms with van der Waals surface area (Å²) in [5.41, 5.74) is 4.61. The first kappa shape index (κ1) is 44.9. The number of hydrogen-bond acceptors (Lipinski definition) is 8. The fourth-order valence-corrected chi connectivity index (χ4v) is 6.38. The van der Waals surface area contributed by atoms with Crippen LogP contribution in [0.1, 0.15) is 64.1 Å². The first-order valence-corrected chi connectivity index (χ1v) is 19.8. The fourth-order valence-electron chi connectivity index (χ4n) is 5.94. The zero-order valence-corrected chi connectivity index (χ0v) is 36.0. The van der Waals surface area contributed by atoms with Crippen LogP contribution in [0, 0.1) is 10.8 Å². The summed E-state index contributed by atoms with van der Waals surface area (Å²) in [6.07, 6.45) is 4.49. The number of nitrogens with one attached hydrogen (secondary N) is 1. The van der Waals surface area contributed by atoms with E-state index in [1.807, 2.05) is 108 Å². The van der Waals surface area contributed by atoms with Crippen LogP contribution in [-0.4, -0.2) is 58.9 Å². The molecule has 4 aromatic heterocycles. The van der Waals surface area contributed by atoms with Crippen LogP contribution in [0.2, 0.25) is 10.0 Å².